The molecule has 23 heavy (non-hydrogen) atoms. The monoisotopic (exact) mass is 319 g/mol. The van der Waals surface area contributed by atoms with Crippen molar-refractivity contribution in [3.63, 3.8) is 0 Å². The highest BCUT2D eigenvalue weighted by molar-refractivity contribution is 5.42. The minimum absolute atomic E-state index is 0.397. The van der Waals surface area contributed by atoms with Crippen LogP contribution in [-0.4, -0.2) is 40.8 Å². The molecule has 1 saturated heterocycles. The van der Waals surface area contributed by atoms with Crippen molar-refractivity contribution < 1.29 is 13.7 Å². The van der Waals surface area contributed by atoms with Gasteiger partial charge in [-0.3, -0.25) is 4.90 Å². The minimum Gasteiger partial charge on any atom is -0.459 e. The van der Waals surface area contributed by atoms with E-state index in [0.717, 1.165) is 39.0 Å². The van der Waals surface area contributed by atoms with Gasteiger partial charge >= 0.3 is 0 Å². The molecule has 1 aliphatic rings. The molecular formula is C17H25N3O3. The van der Waals surface area contributed by atoms with E-state index in [1.54, 1.807) is 6.26 Å². The van der Waals surface area contributed by atoms with Crippen LogP contribution in [-0.2, 0) is 11.3 Å². The molecule has 3 rings (SSSR count). The molecule has 6 nitrogen and oxygen atoms in total. The van der Waals surface area contributed by atoms with Gasteiger partial charge in [-0.1, -0.05) is 19.0 Å². The van der Waals surface area contributed by atoms with Crippen LogP contribution in [0.4, 0.5) is 0 Å². The lowest BCUT2D eigenvalue weighted by Crippen LogP contribution is -2.37. The van der Waals surface area contributed by atoms with Gasteiger partial charge in [0.2, 0.25) is 0 Å². The topological polar surface area (TPSA) is 64.5 Å². The van der Waals surface area contributed by atoms with E-state index in [1.807, 2.05) is 12.1 Å². The van der Waals surface area contributed by atoms with Crippen molar-refractivity contribution in [2.75, 3.05) is 19.7 Å². The van der Waals surface area contributed by atoms with Gasteiger partial charge in [0.05, 0.1) is 18.9 Å². The number of piperidine rings is 1. The summed E-state index contributed by atoms with van der Waals surface area (Å²) in [5.41, 5.74) is 0. The fraction of sp³-hybridized carbons (Fsp3) is 0.647. The van der Waals surface area contributed by atoms with Gasteiger partial charge in [-0.15, -0.1) is 0 Å². The van der Waals surface area contributed by atoms with E-state index in [9.17, 15) is 0 Å². The molecule has 1 aliphatic heterocycles. The highest BCUT2D eigenvalue weighted by Gasteiger charge is 2.21. The summed E-state index contributed by atoms with van der Waals surface area (Å²) in [4.78, 5) is 6.74. The van der Waals surface area contributed by atoms with Crippen LogP contribution in [0.5, 0.6) is 0 Å². The standard InChI is InChI=1S/C17H25N3O3/c1-13(2)7-11-21-14-5-8-20(9-6-14)12-16-18-17(23-19-16)15-4-3-10-22-15/h3-4,10,13-14H,5-9,11-12H2,1-2H3. The van der Waals surface area contributed by atoms with Gasteiger partial charge in [0.25, 0.3) is 5.89 Å². The van der Waals surface area contributed by atoms with Crippen molar-refractivity contribution in [3.05, 3.63) is 24.2 Å². The van der Waals surface area contributed by atoms with Crippen molar-refractivity contribution in [1.82, 2.24) is 15.0 Å². The number of ether oxygens (including phenoxy) is 1. The Morgan fingerprint density at radius 3 is 2.87 bits per heavy atom. The summed E-state index contributed by atoms with van der Waals surface area (Å²) in [5.74, 6) is 2.46. The maximum absolute atomic E-state index is 5.96. The van der Waals surface area contributed by atoms with Crippen molar-refractivity contribution in [1.29, 1.82) is 0 Å². The smallest absolute Gasteiger partial charge is 0.293 e. The molecular weight excluding hydrogens is 294 g/mol. The number of hydrogen-bond donors (Lipinski definition) is 0. The summed E-state index contributed by atoms with van der Waals surface area (Å²) in [6.45, 7) is 8.07. The van der Waals surface area contributed by atoms with Crippen molar-refractivity contribution >= 4 is 0 Å². The van der Waals surface area contributed by atoms with E-state index in [1.165, 1.54) is 0 Å². The highest BCUT2D eigenvalue weighted by Crippen LogP contribution is 2.19. The number of furan rings is 1. The summed E-state index contributed by atoms with van der Waals surface area (Å²) in [5, 5.41) is 4.04. The maximum atomic E-state index is 5.96. The maximum Gasteiger partial charge on any atom is 0.293 e. The van der Waals surface area contributed by atoms with E-state index >= 15 is 0 Å². The first-order chi connectivity index (χ1) is 11.2. The second kappa shape index (κ2) is 7.75. The van der Waals surface area contributed by atoms with E-state index in [0.29, 0.717) is 36.0 Å². The van der Waals surface area contributed by atoms with E-state index in [4.69, 9.17) is 13.7 Å². The Balaban J connectivity index is 1.42. The number of hydrogen-bond acceptors (Lipinski definition) is 6. The van der Waals surface area contributed by atoms with Crippen LogP contribution in [0.2, 0.25) is 0 Å². The van der Waals surface area contributed by atoms with Crippen molar-refractivity contribution in [3.8, 4) is 11.7 Å². The van der Waals surface area contributed by atoms with Crippen LogP contribution in [0.1, 0.15) is 38.9 Å². The van der Waals surface area contributed by atoms with E-state index in [2.05, 4.69) is 28.9 Å². The molecule has 0 unspecified atom stereocenters. The molecule has 0 N–H and O–H groups in total. The Morgan fingerprint density at radius 2 is 2.17 bits per heavy atom. The molecule has 0 spiro atoms. The quantitative estimate of drug-likeness (QED) is 0.780. The average Bonchev–Trinajstić information content (AvgIpc) is 3.19. The molecule has 0 aliphatic carbocycles. The Bertz CT molecular complexity index is 572. The zero-order valence-electron chi connectivity index (χ0n) is 13.9. The average molecular weight is 319 g/mol. The third-order valence-corrected chi connectivity index (χ3v) is 4.15. The fourth-order valence-corrected chi connectivity index (χ4v) is 2.72. The molecule has 126 valence electrons. The third-order valence-electron chi connectivity index (χ3n) is 4.15. The summed E-state index contributed by atoms with van der Waals surface area (Å²) < 4.78 is 16.5. The molecule has 0 aromatic carbocycles. The molecule has 0 radical (unpaired) electrons. The predicted molar refractivity (Wildman–Crippen MR) is 85.7 cm³/mol. The summed E-state index contributed by atoms with van der Waals surface area (Å²) in [7, 11) is 0. The van der Waals surface area contributed by atoms with Gasteiger partial charge in [-0.25, -0.2) is 0 Å². The van der Waals surface area contributed by atoms with Crippen molar-refractivity contribution in [2.45, 2.75) is 45.8 Å². The molecule has 0 saturated carbocycles. The lowest BCUT2D eigenvalue weighted by atomic mass is 10.1. The predicted octanol–water partition coefficient (Wildman–Crippen LogP) is 3.36. The SMILES string of the molecule is CC(C)CCOC1CCN(Cc2noc(-c3ccco3)n2)CC1. The van der Waals surface area contributed by atoms with Crippen LogP contribution >= 0.6 is 0 Å². The van der Waals surface area contributed by atoms with Crippen LogP contribution in [0, 0.1) is 5.92 Å². The van der Waals surface area contributed by atoms with Crippen LogP contribution in [0.15, 0.2) is 27.3 Å². The fourth-order valence-electron chi connectivity index (χ4n) is 2.72. The Kier molecular flexibility index (Phi) is 5.46. The summed E-state index contributed by atoms with van der Waals surface area (Å²) in [6, 6.07) is 3.63. The van der Waals surface area contributed by atoms with Gasteiger partial charge < -0.3 is 13.7 Å². The normalized spacial score (nSPS) is 17.2. The molecule has 3 heterocycles. The second-order valence-corrected chi connectivity index (χ2v) is 6.52. The number of nitrogens with zero attached hydrogens (tertiary/aromatic N) is 3. The number of aromatic nitrogens is 2. The number of likely N-dealkylation sites (tertiary alicyclic amines) is 1. The zero-order valence-corrected chi connectivity index (χ0v) is 13.9. The third kappa shape index (κ3) is 4.65. The molecule has 0 atom stereocenters. The van der Waals surface area contributed by atoms with E-state index in [-0.39, 0.29) is 0 Å². The van der Waals surface area contributed by atoms with Crippen LogP contribution in [0.25, 0.3) is 11.7 Å². The first-order valence-electron chi connectivity index (χ1n) is 8.41. The molecule has 6 heteroatoms. The lowest BCUT2D eigenvalue weighted by Gasteiger charge is -2.31. The summed E-state index contributed by atoms with van der Waals surface area (Å²) in [6.07, 6.45) is 5.28. The van der Waals surface area contributed by atoms with Gasteiger partial charge in [-0.2, -0.15) is 4.98 Å². The van der Waals surface area contributed by atoms with Crippen molar-refractivity contribution in [2.24, 2.45) is 5.92 Å². The largest absolute Gasteiger partial charge is 0.459 e. The van der Waals surface area contributed by atoms with Crippen LogP contribution in [0.3, 0.4) is 0 Å². The molecule has 2 aromatic rings. The first-order valence-corrected chi connectivity index (χ1v) is 8.41. The molecule has 0 bridgehead atoms. The zero-order chi connectivity index (χ0) is 16.1. The van der Waals surface area contributed by atoms with Gasteiger partial charge in [-0.05, 0) is 37.3 Å². The Hall–Kier alpha value is -1.66. The van der Waals surface area contributed by atoms with Gasteiger partial charge in [0.1, 0.15) is 0 Å². The van der Waals surface area contributed by atoms with Gasteiger partial charge in [0, 0.05) is 19.7 Å². The Labute approximate surface area is 136 Å². The first kappa shape index (κ1) is 16.2. The summed E-state index contributed by atoms with van der Waals surface area (Å²) >= 11 is 0. The lowest BCUT2D eigenvalue weighted by molar-refractivity contribution is 0.00116. The molecule has 1 fully saturated rings. The van der Waals surface area contributed by atoms with E-state index < -0.39 is 0 Å². The number of rotatable bonds is 7. The minimum atomic E-state index is 0.397. The molecule has 0 amide bonds. The Morgan fingerprint density at radius 1 is 1.35 bits per heavy atom. The van der Waals surface area contributed by atoms with Gasteiger partial charge in [0.15, 0.2) is 11.6 Å². The second-order valence-electron chi connectivity index (χ2n) is 6.52. The highest BCUT2D eigenvalue weighted by atomic mass is 16.5. The molecule has 2 aromatic heterocycles. The van der Waals surface area contributed by atoms with Crippen LogP contribution < -0.4 is 0 Å².